The lowest BCUT2D eigenvalue weighted by Crippen LogP contribution is -2.34. The molecule has 0 unspecified atom stereocenters. The van der Waals surface area contributed by atoms with Gasteiger partial charge >= 0.3 is 0 Å². The molecule has 1 aliphatic carbocycles. The lowest BCUT2D eigenvalue weighted by molar-refractivity contribution is -0.127. The van der Waals surface area contributed by atoms with Crippen LogP contribution < -0.4 is 5.32 Å². The SMILES string of the molecule is CN(C)Cc1ccc(-c2ccccc2CNC(=O)C2CCC2)cc1. The minimum Gasteiger partial charge on any atom is -0.352 e. The fourth-order valence-corrected chi connectivity index (χ4v) is 3.11. The van der Waals surface area contributed by atoms with Crippen LogP contribution in [0.3, 0.4) is 0 Å². The molecule has 2 aromatic carbocycles. The van der Waals surface area contributed by atoms with E-state index in [1.54, 1.807) is 0 Å². The Morgan fingerprint density at radius 1 is 1.08 bits per heavy atom. The Bertz CT molecular complexity index is 687. The second-order valence-corrected chi connectivity index (χ2v) is 6.94. The standard InChI is InChI=1S/C21H26N2O/c1-23(2)15-16-10-12-17(13-11-16)20-9-4-3-6-19(20)14-22-21(24)18-7-5-8-18/h3-4,6,9-13,18H,5,7-8,14-15H2,1-2H3,(H,22,24). The summed E-state index contributed by atoms with van der Waals surface area (Å²) in [7, 11) is 4.15. The van der Waals surface area contributed by atoms with Crippen molar-refractivity contribution in [2.24, 2.45) is 5.92 Å². The number of benzene rings is 2. The summed E-state index contributed by atoms with van der Waals surface area (Å²) in [6, 6.07) is 17.0. The first kappa shape index (κ1) is 16.7. The van der Waals surface area contributed by atoms with Crippen LogP contribution in [0, 0.1) is 5.92 Å². The summed E-state index contributed by atoms with van der Waals surface area (Å²) in [5.74, 6) is 0.444. The quantitative estimate of drug-likeness (QED) is 0.876. The maximum absolute atomic E-state index is 12.1. The molecule has 0 aliphatic heterocycles. The van der Waals surface area contributed by atoms with Crippen molar-refractivity contribution >= 4 is 5.91 Å². The van der Waals surface area contributed by atoms with Crippen LogP contribution in [-0.2, 0) is 17.9 Å². The van der Waals surface area contributed by atoms with Gasteiger partial charge in [-0.2, -0.15) is 0 Å². The van der Waals surface area contributed by atoms with Gasteiger partial charge in [0.2, 0.25) is 5.91 Å². The van der Waals surface area contributed by atoms with Crippen molar-refractivity contribution < 1.29 is 4.79 Å². The highest BCUT2D eigenvalue weighted by atomic mass is 16.1. The number of carbonyl (C=O) groups is 1. The second-order valence-electron chi connectivity index (χ2n) is 6.94. The lowest BCUT2D eigenvalue weighted by atomic mass is 9.85. The van der Waals surface area contributed by atoms with Gasteiger partial charge in [0.05, 0.1) is 0 Å². The number of nitrogens with one attached hydrogen (secondary N) is 1. The molecule has 0 heterocycles. The van der Waals surface area contributed by atoms with Gasteiger partial charge in [0.25, 0.3) is 0 Å². The van der Waals surface area contributed by atoms with Crippen molar-refractivity contribution in [3.63, 3.8) is 0 Å². The zero-order valence-corrected chi connectivity index (χ0v) is 14.6. The normalized spacial score (nSPS) is 14.5. The fraction of sp³-hybridized carbons (Fsp3) is 0.381. The lowest BCUT2D eigenvalue weighted by Gasteiger charge is -2.24. The van der Waals surface area contributed by atoms with Crippen LogP contribution in [0.25, 0.3) is 11.1 Å². The third-order valence-corrected chi connectivity index (χ3v) is 4.71. The molecule has 0 saturated heterocycles. The molecule has 3 rings (SSSR count). The topological polar surface area (TPSA) is 32.3 Å². The molecule has 1 N–H and O–H groups in total. The van der Waals surface area contributed by atoms with E-state index in [-0.39, 0.29) is 11.8 Å². The van der Waals surface area contributed by atoms with Crippen LogP contribution in [0.15, 0.2) is 48.5 Å². The molecule has 1 aliphatic rings. The van der Waals surface area contributed by atoms with E-state index in [1.165, 1.54) is 28.7 Å². The van der Waals surface area contributed by atoms with E-state index in [1.807, 2.05) is 6.07 Å². The number of nitrogens with zero attached hydrogens (tertiary/aromatic N) is 1. The van der Waals surface area contributed by atoms with E-state index in [9.17, 15) is 4.79 Å². The highest BCUT2D eigenvalue weighted by Crippen LogP contribution is 2.27. The first-order valence-corrected chi connectivity index (χ1v) is 8.73. The molecule has 1 amide bonds. The molecule has 2 aromatic rings. The van der Waals surface area contributed by atoms with Crippen molar-refractivity contribution in [3.05, 3.63) is 59.7 Å². The van der Waals surface area contributed by atoms with Gasteiger partial charge in [0, 0.05) is 19.0 Å². The molecular formula is C21H26N2O. The van der Waals surface area contributed by atoms with Gasteiger partial charge in [-0.25, -0.2) is 0 Å². The van der Waals surface area contributed by atoms with Gasteiger partial charge < -0.3 is 10.2 Å². The highest BCUT2D eigenvalue weighted by molar-refractivity contribution is 5.79. The predicted molar refractivity (Wildman–Crippen MR) is 98.5 cm³/mol. The summed E-state index contributed by atoms with van der Waals surface area (Å²) in [6.45, 7) is 1.55. The molecule has 0 aromatic heterocycles. The van der Waals surface area contributed by atoms with E-state index in [2.05, 4.69) is 66.8 Å². The monoisotopic (exact) mass is 322 g/mol. The Morgan fingerprint density at radius 3 is 2.42 bits per heavy atom. The molecule has 3 heteroatoms. The summed E-state index contributed by atoms with van der Waals surface area (Å²) in [5, 5.41) is 3.10. The van der Waals surface area contributed by atoms with Crippen LogP contribution in [0.4, 0.5) is 0 Å². The number of rotatable bonds is 6. The molecule has 126 valence electrons. The highest BCUT2D eigenvalue weighted by Gasteiger charge is 2.24. The zero-order chi connectivity index (χ0) is 16.9. The van der Waals surface area contributed by atoms with Crippen LogP contribution in [0.5, 0.6) is 0 Å². The Morgan fingerprint density at radius 2 is 1.79 bits per heavy atom. The first-order chi connectivity index (χ1) is 11.6. The molecule has 0 spiro atoms. The van der Waals surface area contributed by atoms with E-state index >= 15 is 0 Å². The summed E-state index contributed by atoms with van der Waals surface area (Å²) in [5.41, 5.74) is 4.87. The maximum atomic E-state index is 12.1. The van der Waals surface area contributed by atoms with Crippen molar-refractivity contribution in [3.8, 4) is 11.1 Å². The number of hydrogen-bond donors (Lipinski definition) is 1. The Kier molecular flexibility index (Phi) is 5.31. The second kappa shape index (κ2) is 7.63. The summed E-state index contributed by atoms with van der Waals surface area (Å²) in [4.78, 5) is 14.2. The van der Waals surface area contributed by atoms with Gasteiger partial charge in [-0.05, 0) is 49.2 Å². The summed E-state index contributed by atoms with van der Waals surface area (Å²) in [6.07, 6.45) is 3.27. The van der Waals surface area contributed by atoms with Crippen molar-refractivity contribution in [1.29, 1.82) is 0 Å². The van der Waals surface area contributed by atoms with Gasteiger partial charge in [-0.15, -0.1) is 0 Å². The summed E-state index contributed by atoms with van der Waals surface area (Å²) >= 11 is 0. The third-order valence-electron chi connectivity index (χ3n) is 4.71. The number of hydrogen-bond acceptors (Lipinski definition) is 2. The molecular weight excluding hydrogens is 296 g/mol. The Balaban J connectivity index is 1.72. The van der Waals surface area contributed by atoms with Crippen LogP contribution in [0.2, 0.25) is 0 Å². The van der Waals surface area contributed by atoms with Crippen molar-refractivity contribution in [2.75, 3.05) is 14.1 Å². The van der Waals surface area contributed by atoms with Gasteiger partial charge in [-0.3, -0.25) is 4.79 Å². The van der Waals surface area contributed by atoms with E-state index in [4.69, 9.17) is 0 Å². The minimum absolute atomic E-state index is 0.206. The minimum atomic E-state index is 0.206. The van der Waals surface area contributed by atoms with Crippen LogP contribution in [-0.4, -0.2) is 24.9 Å². The van der Waals surface area contributed by atoms with Gasteiger partial charge in [-0.1, -0.05) is 55.0 Å². The largest absolute Gasteiger partial charge is 0.352 e. The molecule has 0 atom stereocenters. The molecule has 24 heavy (non-hydrogen) atoms. The molecule has 0 radical (unpaired) electrons. The van der Waals surface area contributed by atoms with E-state index < -0.39 is 0 Å². The van der Waals surface area contributed by atoms with E-state index in [0.29, 0.717) is 6.54 Å². The third kappa shape index (κ3) is 4.04. The zero-order valence-electron chi connectivity index (χ0n) is 14.6. The van der Waals surface area contributed by atoms with Crippen LogP contribution >= 0.6 is 0 Å². The van der Waals surface area contributed by atoms with Gasteiger partial charge in [0.1, 0.15) is 0 Å². The van der Waals surface area contributed by atoms with Crippen molar-refractivity contribution in [1.82, 2.24) is 10.2 Å². The first-order valence-electron chi connectivity index (χ1n) is 8.73. The fourth-order valence-electron chi connectivity index (χ4n) is 3.11. The number of carbonyl (C=O) groups excluding carboxylic acids is 1. The van der Waals surface area contributed by atoms with E-state index in [0.717, 1.165) is 19.4 Å². The van der Waals surface area contributed by atoms with Crippen LogP contribution in [0.1, 0.15) is 30.4 Å². The molecule has 1 fully saturated rings. The predicted octanol–water partition coefficient (Wildman–Crippen LogP) is 3.83. The molecule has 0 bridgehead atoms. The number of amides is 1. The Labute approximate surface area is 144 Å². The average Bonchev–Trinajstić information content (AvgIpc) is 2.52. The summed E-state index contributed by atoms with van der Waals surface area (Å²) < 4.78 is 0. The Hall–Kier alpha value is -2.13. The smallest absolute Gasteiger partial charge is 0.223 e. The maximum Gasteiger partial charge on any atom is 0.223 e. The molecule has 3 nitrogen and oxygen atoms in total. The average molecular weight is 322 g/mol. The van der Waals surface area contributed by atoms with Gasteiger partial charge in [0.15, 0.2) is 0 Å². The van der Waals surface area contributed by atoms with Crippen molar-refractivity contribution in [2.45, 2.75) is 32.4 Å². The molecule has 1 saturated carbocycles.